The Morgan fingerprint density at radius 1 is 1.38 bits per heavy atom. The fraction of sp³-hybridized carbons (Fsp3) is 0.167. The van der Waals surface area contributed by atoms with Crippen LogP contribution in [-0.4, -0.2) is 36.2 Å². The maximum Gasteiger partial charge on any atom is 0.236 e. The number of carbonyl (C=O) groups is 1. The molecule has 1 N–H and O–H groups in total. The van der Waals surface area contributed by atoms with Crippen molar-refractivity contribution in [1.29, 1.82) is 0 Å². The topological polar surface area (TPSA) is 77.6 Å². The smallest absolute Gasteiger partial charge is 0.236 e. The highest BCUT2D eigenvalue weighted by molar-refractivity contribution is 7.99. The van der Waals surface area contributed by atoms with E-state index in [4.69, 9.17) is 0 Å². The van der Waals surface area contributed by atoms with E-state index in [-0.39, 0.29) is 11.7 Å². The number of anilines is 1. The van der Waals surface area contributed by atoms with Gasteiger partial charge in [-0.15, -0.1) is 21.5 Å². The number of nitrogens with zero attached hydrogens (tertiary/aromatic N) is 5. The summed E-state index contributed by atoms with van der Waals surface area (Å²) in [5.41, 5.74) is 0. The van der Waals surface area contributed by atoms with Crippen molar-refractivity contribution in [3.63, 3.8) is 0 Å². The summed E-state index contributed by atoms with van der Waals surface area (Å²) in [5, 5.41) is 14.0. The van der Waals surface area contributed by atoms with Crippen LogP contribution < -0.4 is 5.32 Å². The molecule has 0 fully saturated rings. The van der Waals surface area contributed by atoms with Gasteiger partial charge in [-0.2, -0.15) is 0 Å². The standard InChI is InChI=1S/C12H12N6OS2/c1-9-15-16-12(18(9)17-5-2-3-6-17)21-8-10(19)14-11-13-4-7-20-11/h2-7H,8H2,1H3,(H,13,14,19). The first-order chi connectivity index (χ1) is 10.2. The highest BCUT2D eigenvalue weighted by atomic mass is 32.2. The molecule has 7 nitrogen and oxygen atoms in total. The number of amides is 1. The number of thiazole rings is 1. The van der Waals surface area contributed by atoms with Gasteiger partial charge in [0.2, 0.25) is 11.1 Å². The van der Waals surface area contributed by atoms with Crippen molar-refractivity contribution >= 4 is 34.1 Å². The van der Waals surface area contributed by atoms with E-state index in [1.54, 1.807) is 6.20 Å². The second-order valence-electron chi connectivity index (χ2n) is 4.08. The average molecular weight is 320 g/mol. The number of thioether (sulfide) groups is 1. The Balaban J connectivity index is 1.67. The van der Waals surface area contributed by atoms with Crippen LogP contribution in [0.15, 0.2) is 41.3 Å². The molecule has 21 heavy (non-hydrogen) atoms. The molecule has 9 heteroatoms. The van der Waals surface area contributed by atoms with Crippen molar-refractivity contribution in [2.45, 2.75) is 12.1 Å². The molecule has 0 atom stereocenters. The molecule has 0 saturated heterocycles. The first-order valence-electron chi connectivity index (χ1n) is 6.12. The Bertz CT molecular complexity index is 719. The zero-order valence-corrected chi connectivity index (χ0v) is 12.8. The van der Waals surface area contributed by atoms with Crippen LogP contribution in [0.1, 0.15) is 5.82 Å². The van der Waals surface area contributed by atoms with Gasteiger partial charge in [0.1, 0.15) is 0 Å². The second-order valence-corrected chi connectivity index (χ2v) is 5.92. The summed E-state index contributed by atoms with van der Waals surface area (Å²) in [6.07, 6.45) is 5.45. The van der Waals surface area contributed by atoms with Gasteiger partial charge >= 0.3 is 0 Å². The first kappa shape index (κ1) is 13.8. The molecule has 0 bridgehead atoms. The van der Waals surface area contributed by atoms with Crippen LogP contribution >= 0.6 is 23.1 Å². The van der Waals surface area contributed by atoms with E-state index in [2.05, 4.69) is 20.5 Å². The molecule has 3 aromatic heterocycles. The van der Waals surface area contributed by atoms with Crippen LogP contribution in [-0.2, 0) is 4.79 Å². The van der Waals surface area contributed by atoms with E-state index in [1.165, 1.54) is 23.1 Å². The summed E-state index contributed by atoms with van der Waals surface area (Å²) in [6, 6.07) is 3.84. The molecular weight excluding hydrogens is 308 g/mol. The molecule has 0 aliphatic carbocycles. The van der Waals surface area contributed by atoms with Crippen LogP contribution in [0.25, 0.3) is 0 Å². The van der Waals surface area contributed by atoms with E-state index in [0.29, 0.717) is 10.3 Å². The lowest BCUT2D eigenvalue weighted by atomic mass is 10.7. The Labute approximate surface area is 129 Å². The van der Waals surface area contributed by atoms with Gasteiger partial charge < -0.3 is 5.32 Å². The molecule has 0 saturated carbocycles. The number of carbonyl (C=O) groups excluding carboxylic acids is 1. The van der Waals surface area contributed by atoms with Gasteiger partial charge in [0.25, 0.3) is 0 Å². The lowest BCUT2D eigenvalue weighted by molar-refractivity contribution is -0.113. The quantitative estimate of drug-likeness (QED) is 0.726. The van der Waals surface area contributed by atoms with Gasteiger partial charge in [-0.05, 0) is 19.1 Å². The summed E-state index contributed by atoms with van der Waals surface area (Å²) in [7, 11) is 0. The SMILES string of the molecule is Cc1nnc(SCC(=O)Nc2nccs2)n1-n1cccc1. The minimum atomic E-state index is -0.116. The lowest BCUT2D eigenvalue weighted by Crippen LogP contribution is -2.15. The van der Waals surface area contributed by atoms with Crippen LogP contribution in [0.4, 0.5) is 5.13 Å². The summed E-state index contributed by atoms with van der Waals surface area (Å²) in [5.74, 6) is 0.891. The maximum absolute atomic E-state index is 11.9. The third kappa shape index (κ3) is 3.14. The van der Waals surface area contributed by atoms with E-state index in [1.807, 2.05) is 46.2 Å². The molecule has 1 amide bonds. The van der Waals surface area contributed by atoms with Gasteiger partial charge in [-0.25, -0.2) is 9.66 Å². The molecular formula is C12H12N6OS2. The van der Waals surface area contributed by atoms with Crippen molar-refractivity contribution in [1.82, 2.24) is 24.5 Å². The van der Waals surface area contributed by atoms with Crippen LogP contribution in [0, 0.1) is 6.92 Å². The molecule has 3 heterocycles. The fourth-order valence-electron chi connectivity index (χ4n) is 1.72. The van der Waals surface area contributed by atoms with Gasteiger partial charge in [-0.1, -0.05) is 11.8 Å². The highest BCUT2D eigenvalue weighted by Crippen LogP contribution is 2.18. The van der Waals surface area contributed by atoms with Gasteiger partial charge in [0, 0.05) is 24.0 Å². The average Bonchev–Trinajstić information content (AvgIpc) is 3.17. The predicted octanol–water partition coefficient (Wildman–Crippen LogP) is 1.89. The summed E-state index contributed by atoms with van der Waals surface area (Å²) >= 11 is 2.72. The van der Waals surface area contributed by atoms with Crippen LogP contribution in [0.3, 0.4) is 0 Å². The van der Waals surface area contributed by atoms with Crippen LogP contribution in [0.2, 0.25) is 0 Å². The normalized spacial score (nSPS) is 10.7. The molecule has 0 aliphatic heterocycles. The lowest BCUT2D eigenvalue weighted by Gasteiger charge is -2.08. The van der Waals surface area contributed by atoms with Crippen molar-refractivity contribution in [2.24, 2.45) is 0 Å². The number of rotatable bonds is 5. The Morgan fingerprint density at radius 2 is 2.19 bits per heavy atom. The minimum absolute atomic E-state index is 0.116. The Kier molecular flexibility index (Phi) is 4.02. The summed E-state index contributed by atoms with van der Waals surface area (Å²) < 4.78 is 3.72. The van der Waals surface area contributed by atoms with Crippen molar-refractivity contribution in [2.75, 3.05) is 11.1 Å². The van der Waals surface area contributed by atoms with Gasteiger partial charge in [0.05, 0.1) is 5.75 Å². The Hall–Kier alpha value is -2.13. The first-order valence-corrected chi connectivity index (χ1v) is 7.98. The van der Waals surface area contributed by atoms with Gasteiger partial charge in [-0.3, -0.25) is 9.47 Å². The molecule has 0 radical (unpaired) electrons. The van der Waals surface area contributed by atoms with Crippen molar-refractivity contribution in [3.05, 3.63) is 41.9 Å². The largest absolute Gasteiger partial charge is 0.301 e. The molecule has 3 rings (SSSR count). The molecule has 0 aliphatic rings. The molecule has 3 aromatic rings. The zero-order chi connectivity index (χ0) is 14.7. The van der Waals surface area contributed by atoms with E-state index < -0.39 is 0 Å². The number of aryl methyl sites for hydroxylation is 1. The summed E-state index contributed by atoms with van der Waals surface area (Å²) in [4.78, 5) is 15.9. The highest BCUT2D eigenvalue weighted by Gasteiger charge is 2.13. The number of hydrogen-bond donors (Lipinski definition) is 1. The second kappa shape index (κ2) is 6.10. The molecule has 0 spiro atoms. The fourth-order valence-corrected chi connectivity index (χ4v) is 3.05. The maximum atomic E-state index is 11.9. The molecule has 0 aromatic carbocycles. The van der Waals surface area contributed by atoms with Crippen LogP contribution in [0.5, 0.6) is 0 Å². The van der Waals surface area contributed by atoms with E-state index >= 15 is 0 Å². The van der Waals surface area contributed by atoms with Crippen molar-refractivity contribution < 1.29 is 4.79 Å². The van der Waals surface area contributed by atoms with E-state index in [9.17, 15) is 4.79 Å². The molecule has 0 unspecified atom stereocenters. The number of nitrogens with one attached hydrogen (secondary N) is 1. The monoisotopic (exact) mass is 320 g/mol. The number of aromatic nitrogens is 5. The predicted molar refractivity (Wildman–Crippen MR) is 81.5 cm³/mol. The summed E-state index contributed by atoms with van der Waals surface area (Å²) in [6.45, 7) is 1.87. The minimum Gasteiger partial charge on any atom is -0.301 e. The van der Waals surface area contributed by atoms with E-state index in [0.717, 1.165) is 5.82 Å². The third-order valence-electron chi connectivity index (χ3n) is 2.60. The molecule has 108 valence electrons. The third-order valence-corrected chi connectivity index (χ3v) is 4.21. The number of hydrogen-bond acceptors (Lipinski definition) is 6. The Morgan fingerprint density at radius 3 is 2.90 bits per heavy atom. The van der Waals surface area contributed by atoms with Crippen molar-refractivity contribution in [3.8, 4) is 0 Å². The zero-order valence-electron chi connectivity index (χ0n) is 11.1. The van der Waals surface area contributed by atoms with Gasteiger partial charge in [0.15, 0.2) is 11.0 Å².